The van der Waals surface area contributed by atoms with Crippen LogP contribution in [0.2, 0.25) is 5.02 Å². The van der Waals surface area contributed by atoms with Crippen LogP contribution in [0.15, 0.2) is 45.8 Å². The van der Waals surface area contributed by atoms with Gasteiger partial charge in [-0.3, -0.25) is 4.72 Å². The second-order valence-electron chi connectivity index (χ2n) is 4.15. The van der Waals surface area contributed by atoms with Crippen LogP contribution in [0.4, 0.5) is 5.69 Å². The van der Waals surface area contributed by atoms with Gasteiger partial charge >= 0.3 is 0 Å². The van der Waals surface area contributed by atoms with Crippen molar-refractivity contribution in [3.05, 3.63) is 55.0 Å². The van der Waals surface area contributed by atoms with E-state index >= 15 is 0 Å². The topological polar surface area (TPSA) is 66.4 Å². The van der Waals surface area contributed by atoms with E-state index in [2.05, 4.69) is 43.2 Å². The van der Waals surface area contributed by atoms with Crippen LogP contribution in [-0.4, -0.2) is 13.5 Å². The summed E-state index contributed by atoms with van der Waals surface area (Å²) in [7, 11) is -3.81. The van der Waals surface area contributed by atoms with Gasteiger partial charge in [-0.05, 0) is 74.4 Å². The van der Waals surface area contributed by atoms with E-state index in [0.29, 0.717) is 20.7 Å². The van der Waals surface area contributed by atoms with Crippen LogP contribution in [-0.2, 0) is 16.6 Å². The number of hydrogen-bond donors (Lipinski definition) is 2. The summed E-state index contributed by atoms with van der Waals surface area (Å²) in [5.74, 6) is 0. The lowest BCUT2D eigenvalue weighted by Gasteiger charge is -2.12. The lowest BCUT2D eigenvalue weighted by Crippen LogP contribution is -2.14. The molecular weight excluding hydrogens is 492 g/mol. The number of hydrogen-bond acceptors (Lipinski definition) is 3. The molecule has 0 aliphatic rings. The van der Waals surface area contributed by atoms with Crippen LogP contribution in [0, 0.1) is 3.57 Å². The maximum atomic E-state index is 12.4. The molecule has 0 bridgehead atoms. The van der Waals surface area contributed by atoms with Gasteiger partial charge in [-0.15, -0.1) is 0 Å². The van der Waals surface area contributed by atoms with E-state index in [0.717, 1.165) is 3.57 Å². The van der Waals surface area contributed by atoms with Gasteiger partial charge < -0.3 is 5.11 Å². The molecule has 0 spiro atoms. The number of anilines is 1. The summed E-state index contributed by atoms with van der Waals surface area (Å²) in [6, 6.07) is 9.65. The Morgan fingerprint density at radius 2 is 1.95 bits per heavy atom. The summed E-state index contributed by atoms with van der Waals surface area (Å²) in [5, 5.41) is 9.45. The average Bonchev–Trinajstić information content (AvgIpc) is 2.42. The molecule has 0 aliphatic heterocycles. The van der Waals surface area contributed by atoms with Gasteiger partial charge in [0.15, 0.2) is 0 Å². The van der Waals surface area contributed by atoms with Crippen molar-refractivity contribution in [1.82, 2.24) is 0 Å². The summed E-state index contributed by atoms with van der Waals surface area (Å²) in [6.45, 7) is -0.236. The van der Waals surface area contributed by atoms with Crippen LogP contribution in [0.1, 0.15) is 5.56 Å². The molecule has 112 valence electrons. The van der Waals surface area contributed by atoms with Crippen molar-refractivity contribution in [3.63, 3.8) is 0 Å². The number of nitrogens with one attached hydrogen (secondary N) is 1. The first kappa shape index (κ1) is 17.0. The molecule has 0 aliphatic carbocycles. The lowest BCUT2D eigenvalue weighted by molar-refractivity contribution is 0.281. The molecule has 0 saturated heterocycles. The zero-order valence-electron chi connectivity index (χ0n) is 10.5. The van der Waals surface area contributed by atoms with Crippen LogP contribution >= 0.6 is 50.1 Å². The molecule has 0 saturated carbocycles. The second kappa shape index (κ2) is 6.82. The molecule has 21 heavy (non-hydrogen) atoms. The van der Waals surface area contributed by atoms with Crippen LogP contribution in [0.25, 0.3) is 0 Å². The zero-order chi connectivity index (χ0) is 15.6. The summed E-state index contributed by atoms with van der Waals surface area (Å²) >= 11 is 11.3. The highest BCUT2D eigenvalue weighted by Gasteiger charge is 2.19. The van der Waals surface area contributed by atoms with Crippen molar-refractivity contribution in [1.29, 1.82) is 0 Å². The molecule has 0 unspecified atom stereocenters. The largest absolute Gasteiger partial charge is 0.392 e. The third-order valence-corrected chi connectivity index (χ3v) is 5.99. The van der Waals surface area contributed by atoms with E-state index < -0.39 is 10.0 Å². The van der Waals surface area contributed by atoms with E-state index in [1.165, 1.54) is 6.07 Å². The minimum atomic E-state index is -3.81. The minimum absolute atomic E-state index is 0.0451. The molecular formula is C13H10BrClINO3S. The van der Waals surface area contributed by atoms with Crippen molar-refractivity contribution in [2.75, 3.05) is 4.72 Å². The van der Waals surface area contributed by atoms with Crippen molar-refractivity contribution in [2.45, 2.75) is 11.5 Å². The number of halogens is 3. The third-order valence-electron chi connectivity index (χ3n) is 2.64. The quantitative estimate of drug-likeness (QED) is 0.622. The molecule has 2 N–H and O–H groups in total. The molecule has 0 aromatic heterocycles. The van der Waals surface area contributed by atoms with Crippen LogP contribution in [0.3, 0.4) is 0 Å². The Balaban J connectivity index is 2.43. The van der Waals surface area contributed by atoms with Gasteiger partial charge in [0, 0.05) is 8.04 Å². The van der Waals surface area contributed by atoms with Crippen molar-refractivity contribution in [3.8, 4) is 0 Å². The van der Waals surface area contributed by atoms with Gasteiger partial charge in [-0.25, -0.2) is 8.42 Å². The predicted molar refractivity (Wildman–Crippen MR) is 95.0 cm³/mol. The Morgan fingerprint density at radius 1 is 1.24 bits per heavy atom. The smallest absolute Gasteiger partial charge is 0.263 e. The standard InChI is InChI=1S/C13H10BrClINO3S/c14-10-3-1-8(7-18)5-13(10)21(19,20)17-12-4-2-9(16)6-11(12)15/h1-6,17-18H,7H2. The SMILES string of the molecule is O=S(=O)(Nc1ccc(I)cc1Cl)c1cc(CO)ccc1Br. The normalized spacial score (nSPS) is 11.4. The van der Waals surface area contributed by atoms with E-state index in [1.807, 2.05) is 0 Å². The van der Waals surface area contributed by atoms with Crippen molar-refractivity contribution in [2.24, 2.45) is 0 Å². The van der Waals surface area contributed by atoms with Gasteiger partial charge in [0.25, 0.3) is 10.0 Å². The lowest BCUT2D eigenvalue weighted by atomic mass is 10.2. The highest BCUT2D eigenvalue weighted by atomic mass is 127. The van der Waals surface area contributed by atoms with Crippen LogP contribution in [0.5, 0.6) is 0 Å². The Labute approximate surface area is 149 Å². The van der Waals surface area contributed by atoms with Crippen molar-refractivity contribution < 1.29 is 13.5 Å². The summed E-state index contributed by atoms with van der Waals surface area (Å²) in [5.41, 5.74) is 0.811. The summed E-state index contributed by atoms with van der Waals surface area (Å²) in [4.78, 5) is 0.0451. The summed E-state index contributed by atoms with van der Waals surface area (Å²) < 4.78 is 28.7. The fourth-order valence-electron chi connectivity index (χ4n) is 1.62. The van der Waals surface area contributed by atoms with Gasteiger partial charge in [0.05, 0.1) is 17.3 Å². The monoisotopic (exact) mass is 501 g/mol. The molecule has 0 radical (unpaired) electrons. The molecule has 0 amide bonds. The predicted octanol–water partition coefficient (Wildman–Crippen LogP) is 4.00. The van der Waals surface area contributed by atoms with E-state index in [-0.39, 0.29) is 11.5 Å². The molecule has 2 rings (SSSR count). The van der Waals surface area contributed by atoms with Gasteiger partial charge in [0.1, 0.15) is 4.90 Å². The Bertz CT molecular complexity index is 783. The first-order valence-corrected chi connectivity index (χ1v) is 9.44. The maximum Gasteiger partial charge on any atom is 0.263 e. The number of aliphatic hydroxyl groups excluding tert-OH is 1. The van der Waals surface area contributed by atoms with E-state index in [4.69, 9.17) is 16.7 Å². The van der Waals surface area contributed by atoms with Crippen LogP contribution < -0.4 is 4.72 Å². The summed E-state index contributed by atoms with van der Waals surface area (Å²) in [6.07, 6.45) is 0. The molecule has 0 atom stereocenters. The molecule has 0 heterocycles. The average molecular weight is 503 g/mol. The van der Waals surface area contributed by atoms with E-state index in [9.17, 15) is 8.42 Å². The molecule has 2 aromatic carbocycles. The highest BCUT2D eigenvalue weighted by molar-refractivity contribution is 14.1. The van der Waals surface area contributed by atoms with E-state index in [1.54, 1.807) is 30.3 Å². The fourth-order valence-corrected chi connectivity index (χ4v) is 4.68. The minimum Gasteiger partial charge on any atom is -0.392 e. The number of rotatable bonds is 4. The van der Waals surface area contributed by atoms with Gasteiger partial charge in [0.2, 0.25) is 0 Å². The van der Waals surface area contributed by atoms with Gasteiger partial charge in [-0.2, -0.15) is 0 Å². The molecule has 8 heteroatoms. The Kier molecular flexibility index (Phi) is 5.53. The Hall–Kier alpha value is -0.350. The third kappa shape index (κ3) is 4.10. The molecule has 4 nitrogen and oxygen atoms in total. The van der Waals surface area contributed by atoms with Gasteiger partial charge in [-0.1, -0.05) is 17.7 Å². The second-order valence-corrected chi connectivity index (χ2v) is 8.31. The number of benzene rings is 2. The highest BCUT2D eigenvalue weighted by Crippen LogP contribution is 2.29. The van der Waals surface area contributed by atoms with Crippen molar-refractivity contribution >= 4 is 65.8 Å². The molecule has 0 fully saturated rings. The number of sulfonamides is 1. The first-order valence-electron chi connectivity index (χ1n) is 5.70. The fraction of sp³-hybridized carbons (Fsp3) is 0.0769. The zero-order valence-corrected chi connectivity index (χ0v) is 15.8. The maximum absolute atomic E-state index is 12.4. The Morgan fingerprint density at radius 3 is 2.57 bits per heavy atom. The molecule has 2 aromatic rings. The first-order chi connectivity index (χ1) is 9.83. The number of aliphatic hydroxyl groups is 1.